The van der Waals surface area contributed by atoms with Crippen molar-refractivity contribution in [2.75, 3.05) is 19.6 Å². The summed E-state index contributed by atoms with van der Waals surface area (Å²) in [5.74, 6) is -0.598. The minimum Gasteiger partial charge on any atom is -0.444 e. The van der Waals surface area contributed by atoms with Crippen LogP contribution in [0.3, 0.4) is 0 Å². The lowest BCUT2D eigenvalue weighted by molar-refractivity contribution is -0.132. The molecule has 2 rings (SSSR count). The number of amides is 3. The predicted molar refractivity (Wildman–Crippen MR) is 109 cm³/mol. The van der Waals surface area contributed by atoms with Crippen LogP contribution in [0.5, 0.6) is 5.75 Å². The smallest absolute Gasteiger partial charge is 0.408 e. The molecule has 0 radical (unpaired) electrons. The van der Waals surface area contributed by atoms with E-state index in [2.05, 4.69) is 10.6 Å². The molecule has 1 fully saturated rings. The third kappa shape index (κ3) is 7.73. The Labute approximate surface area is 176 Å². The van der Waals surface area contributed by atoms with Gasteiger partial charge in [-0.3, -0.25) is 14.4 Å². The van der Waals surface area contributed by atoms with Crippen LogP contribution in [0.15, 0.2) is 24.3 Å². The van der Waals surface area contributed by atoms with E-state index in [1.165, 1.54) is 13.0 Å². The minimum atomic E-state index is -0.631. The number of nitrogens with one attached hydrogen (secondary N) is 2. The highest BCUT2D eigenvalue weighted by Crippen LogP contribution is 2.15. The summed E-state index contributed by atoms with van der Waals surface area (Å²) >= 11 is 0. The van der Waals surface area contributed by atoms with Crippen molar-refractivity contribution in [1.82, 2.24) is 15.5 Å². The van der Waals surface area contributed by atoms with Crippen LogP contribution < -0.4 is 15.4 Å². The lowest BCUT2D eigenvalue weighted by Crippen LogP contribution is -2.49. The first-order valence-electron chi connectivity index (χ1n) is 9.87. The lowest BCUT2D eigenvalue weighted by atomic mass is 10.0. The van der Waals surface area contributed by atoms with Crippen LogP contribution in [0.2, 0.25) is 0 Å². The molecule has 0 aliphatic carbocycles. The van der Waals surface area contributed by atoms with E-state index in [1.54, 1.807) is 43.9 Å². The third-order valence-electron chi connectivity index (χ3n) is 4.32. The van der Waals surface area contributed by atoms with Crippen LogP contribution >= 0.6 is 0 Å². The Hall–Kier alpha value is -3.10. The third-order valence-corrected chi connectivity index (χ3v) is 4.32. The van der Waals surface area contributed by atoms with Gasteiger partial charge >= 0.3 is 12.1 Å². The molecule has 9 heteroatoms. The average molecular weight is 419 g/mol. The first kappa shape index (κ1) is 23.2. The molecule has 0 saturated carbocycles. The summed E-state index contributed by atoms with van der Waals surface area (Å²) in [6.45, 7) is 7.38. The Morgan fingerprint density at radius 2 is 1.80 bits per heavy atom. The number of likely N-dealkylation sites (tertiary alicyclic amines) is 1. The van der Waals surface area contributed by atoms with Crippen molar-refractivity contribution in [3.05, 3.63) is 29.8 Å². The van der Waals surface area contributed by atoms with E-state index in [1.807, 2.05) is 0 Å². The van der Waals surface area contributed by atoms with E-state index in [0.29, 0.717) is 37.2 Å². The zero-order valence-corrected chi connectivity index (χ0v) is 17.8. The summed E-state index contributed by atoms with van der Waals surface area (Å²) in [6.07, 6.45) is 0.579. The van der Waals surface area contributed by atoms with Gasteiger partial charge in [0.05, 0.1) is 0 Å². The van der Waals surface area contributed by atoms with Crippen molar-refractivity contribution in [2.45, 2.75) is 52.2 Å². The fourth-order valence-electron chi connectivity index (χ4n) is 2.98. The molecule has 30 heavy (non-hydrogen) atoms. The predicted octanol–water partition coefficient (Wildman–Crippen LogP) is 1.86. The molecule has 0 atom stereocenters. The maximum atomic E-state index is 12.5. The SMILES string of the molecule is CC(=O)Oc1cccc(C(=O)NC2CCN(C(=O)CNC(=O)OC(C)(C)C)CC2)c1. The average Bonchev–Trinajstić information content (AvgIpc) is 2.65. The topological polar surface area (TPSA) is 114 Å². The molecule has 1 heterocycles. The molecule has 1 aliphatic rings. The molecule has 0 bridgehead atoms. The maximum Gasteiger partial charge on any atom is 0.408 e. The molecule has 2 N–H and O–H groups in total. The lowest BCUT2D eigenvalue weighted by Gasteiger charge is -2.32. The van der Waals surface area contributed by atoms with Crippen LogP contribution in [-0.2, 0) is 14.3 Å². The van der Waals surface area contributed by atoms with Gasteiger partial charge in [-0.15, -0.1) is 0 Å². The normalized spacial score (nSPS) is 14.6. The van der Waals surface area contributed by atoms with Crippen LogP contribution in [0.1, 0.15) is 50.9 Å². The van der Waals surface area contributed by atoms with Crippen LogP contribution in [0, 0.1) is 0 Å². The van der Waals surface area contributed by atoms with Gasteiger partial charge in [-0.1, -0.05) is 6.07 Å². The number of nitrogens with zero attached hydrogens (tertiary/aromatic N) is 1. The van der Waals surface area contributed by atoms with Gasteiger partial charge in [-0.05, 0) is 51.8 Å². The maximum absolute atomic E-state index is 12.5. The Balaban J connectivity index is 1.77. The molecular formula is C21H29N3O6. The molecule has 0 spiro atoms. The highest BCUT2D eigenvalue weighted by molar-refractivity contribution is 5.95. The van der Waals surface area contributed by atoms with Crippen molar-refractivity contribution in [3.8, 4) is 5.75 Å². The van der Waals surface area contributed by atoms with Gasteiger partial charge in [0.25, 0.3) is 5.91 Å². The summed E-state index contributed by atoms with van der Waals surface area (Å²) < 4.78 is 10.1. The van der Waals surface area contributed by atoms with Gasteiger partial charge in [-0.2, -0.15) is 0 Å². The summed E-state index contributed by atoms with van der Waals surface area (Å²) in [6, 6.07) is 6.33. The summed E-state index contributed by atoms with van der Waals surface area (Å²) in [4.78, 5) is 49.1. The Morgan fingerprint density at radius 3 is 2.40 bits per heavy atom. The fraction of sp³-hybridized carbons (Fsp3) is 0.524. The number of carbonyl (C=O) groups excluding carboxylic acids is 4. The summed E-state index contributed by atoms with van der Waals surface area (Å²) in [7, 11) is 0. The molecule has 9 nitrogen and oxygen atoms in total. The van der Waals surface area contributed by atoms with Gasteiger partial charge < -0.3 is 25.0 Å². The number of hydrogen-bond acceptors (Lipinski definition) is 6. The fourth-order valence-corrected chi connectivity index (χ4v) is 2.98. The Bertz CT molecular complexity index is 794. The molecule has 3 amide bonds. The van der Waals surface area contributed by atoms with Gasteiger partial charge in [0, 0.05) is 31.6 Å². The summed E-state index contributed by atoms with van der Waals surface area (Å²) in [5, 5.41) is 5.41. The highest BCUT2D eigenvalue weighted by atomic mass is 16.6. The molecule has 0 aromatic heterocycles. The first-order chi connectivity index (χ1) is 14.0. The standard InChI is InChI=1S/C21H29N3O6/c1-14(25)29-17-7-5-6-15(12-17)19(27)23-16-8-10-24(11-9-16)18(26)13-22-20(28)30-21(2,3)4/h5-7,12,16H,8-11,13H2,1-4H3,(H,22,28)(H,23,27). The second-order valence-corrected chi connectivity index (χ2v) is 8.11. The van der Waals surface area contributed by atoms with E-state index in [-0.39, 0.29) is 24.4 Å². The number of esters is 1. The Kier molecular flexibility index (Phi) is 7.79. The van der Waals surface area contributed by atoms with E-state index in [0.717, 1.165) is 0 Å². The van der Waals surface area contributed by atoms with Crippen LogP contribution in [-0.4, -0.2) is 60.1 Å². The summed E-state index contributed by atoms with van der Waals surface area (Å²) in [5.41, 5.74) is -0.227. The minimum absolute atomic E-state index is 0.0715. The second-order valence-electron chi connectivity index (χ2n) is 8.11. The monoisotopic (exact) mass is 419 g/mol. The molecule has 1 aromatic rings. The van der Waals surface area contributed by atoms with Gasteiger partial charge in [0.2, 0.25) is 5.91 Å². The number of ether oxygens (including phenoxy) is 2. The van der Waals surface area contributed by atoms with Crippen LogP contribution in [0.25, 0.3) is 0 Å². The van der Waals surface area contributed by atoms with E-state index in [4.69, 9.17) is 9.47 Å². The zero-order valence-electron chi connectivity index (χ0n) is 17.8. The quantitative estimate of drug-likeness (QED) is 0.556. The number of benzene rings is 1. The van der Waals surface area contributed by atoms with Gasteiger partial charge in [0.1, 0.15) is 17.9 Å². The molecule has 1 aromatic carbocycles. The van der Waals surface area contributed by atoms with E-state index >= 15 is 0 Å². The Morgan fingerprint density at radius 1 is 1.13 bits per heavy atom. The number of carbonyl (C=O) groups is 4. The van der Waals surface area contributed by atoms with Gasteiger partial charge in [0.15, 0.2) is 0 Å². The van der Waals surface area contributed by atoms with E-state index in [9.17, 15) is 19.2 Å². The second kappa shape index (κ2) is 10.1. The number of rotatable bonds is 5. The molecule has 0 unspecified atom stereocenters. The molecule has 1 aliphatic heterocycles. The number of piperidine rings is 1. The molecular weight excluding hydrogens is 390 g/mol. The van der Waals surface area contributed by atoms with Crippen molar-refractivity contribution >= 4 is 23.9 Å². The first-order valence-corrected chi connectivity index (χ1v) is 9.87. The van der Waals surface area contributed by atoms with E-state index < -0.39 is 17.7 Å². The van der Waals surface area contributed by atoms with Crippen LogP contribution in [0.4, 0.5) is 4.79 Å². The molecule has 1 saturated heterocycles. The van der Waals surface area contributed by atoms with Crippen molar-refractivity contribution in [2.24, 2.45) is 0 Å². The van der Waals surface area contributed by atoms with Crippen molar-refractivity contribution < 1.29 is 28.7 Å². The molecule has 164 valence electrons. The van der Waals surface area contributed by atoms with Crippen molar-refractivity contribution in [1.29, 1.82) is 0 Å². The van der Waals surface area contributed by atoms with Gasteiger partial charge in [-0.25, -0.2) is 4.79 Å². The number of alkyl carbamates (subject to hydrolysis) is 1. The largest absolute Gasteiger partial charge is 0.444 e. The number of hydrogen-bond donors (Lipinski definition) is 2. The van der Waals surface area contributed by atoms with Crippen molar-refractivity contribution in [3.63, 3.8) is 0 Å². The zero-order chi connectivity index (χ0) is 22.3. The highest BCUT2D eigenvalue weighted by Gasteiger charge is 2.25.